The van der Waals surface area contributed by atoms with Crippen LogP contribution in [0.25, 0.3) is 22.2 Å². The molecule has 0 aliphatic heterocycles. The van der Waals surface area contributed by atoms with Gasteiger partial charge in [0.1, 0.15) is 11.5 Å². The highest BCUT2D eigenvalue weighted by Gasteiger charge is 2.16. The summed E-state index contributed by atoms with van der Waals surface area (Å²) in [6, 6.07) is 12.5. The van der Waals surface area contributed by atoms with Gasteiger partial charge >= 0.3 is 5.97 Å². The quantitative estimate of drug-likeness (QED) is 0.788. The first-order valence-corrected chi connectivity index (χ1v) is 7.40. The maximum absolute atomic E-state index is 11.7. The van der Waals surface area contributed by atoms with Crippen molar-refractivity contribution in [3.8, 4) is 22.8 Å². The van der Waals surface area contributed by atoms with Crippen LogP contribution in [0.5, 0.6) is 11.5 Å². The number of carbonyl (C=O) groups is 1. The summed E-state index contributed by atoms with van der Waals surface area (Å²) in [6.07, 6.45) is 0. The Morgan fingerprint density at radius 2 is 1.83 bits per heavy atom. The highest BCUT2D eigenvalue weighted by Crippen LogP contribution is 2.34. The van der Waals surface area contributed by atoms with E-state index in [1.54, 1.807) is 38.5 Å². The van der Waals surface area contributed by atoms with E-state index in [1.165, 1.54) is 0 Å². The van der Waals surface area contributed by atoms with Crippen LogP contribution in [0.15, 0.2) is 42.5 Å². The molecule has 0 aliphatic carbocycles. The Balaban J connectivity index is 2.31. The lowest BCUT2D eigenvalue weighted by atomic mass is 10.0. The average molecular weight is 323 g/mol. The lowest BCUT2D eigenvalue weighted by molar-refractivity contribution is 0.0699. The second-order valence-electron chi connectivity index (χ2n) is 5.45. The number of aryl methyl sites for hydroxylation is 1. The molecule has 3 aromatic rings. The summed E-state index contributed by atoms with van der Waals surface area (Å²) in [5, 5.41) is 10.2. The molecule has 1 aromatic heterocycles. The monoisotopic (exact) mass is 323 g/mol. The Labute approximate surface area is 139 Å². The molecule has 0 spiro atoms. The summed E-state index contributed by atoms with van der Waals surface area (Å²) >= 11 is 0. The highest BCUT2D eigenvalue weighted by molar-refractivity contribution is 6.04. The minimum atomic E-state index is -0.990. The molecule has 5 nitrogen and oxygen atoms in total. The van der Waals surface area contributed by atoms with Crippen LogP contribution in [0.3, 0.4) is 0 Å². The van der Waals surface area contributed by atoms with E-state index in [9.17, 15) is 9.90 Å². The van der Waals surface area contributed by atoms with Crippen LogP contribution in [-0.2, 0) is 0 Å². The number of ether oxygens (including phenoxy) is 2. The zero-order valence-electron chi connectivity index (χ0n) is 13.7. The van der Waals surface area contributed by atoms with Gasteiger partial charge in [-0.05, 0) is 43.3 Å². The molecule has 122 valence electrons. The number of fused-ring (bicyclic) bond motifs is 1. The molecule has 0 bridgehead atoms. The summed E-state index contributed by atoms with van der Waals surface area (Å²) in [5.41, 5.74) is 3.03. The van der Waals surface area contributed by atoms with Crippen LogP contribution in [0.4, 0.5) is 0 Å². The van der Waals surface area contributed by atoms with Crippen molar-refractivity contribution in [2.45, 2.75) is 6.92 Å². The third-order valence-corrected chi connectivity index (χ3v) is 3.88. The molecule has 24 heavy (non-hydrogen) atoms. The number of carboxylic acid groups (broad SMARTS) is 1. The first kappa shape index (κ1) is 15.8. The zero-order chi connectivity index (χ0) is 17.3. The van der Waals surface area contributed by atoms with E-state index in [0.717, 1.165) is 5.56 Å². The minimum Gasteiger partial charge on any atom is -0.497 e. The SMILES string of the molecule is COc1ccc(OC)c(-c2cc(C(=O)O)c3cc(C)ccc3n2)c1. The lowest BCUT2D eigenvalue weighted by Crippen LogP contribution is -2.01. The Morgan fingerprint density at radius 3 is 2.50 bits per heavy atom. The van der Waals surface area contributed by atoms with Crippen molar-refractivity contribution in [2.75, 3.05) is 14.2 Å². The molecular formula is C19H17NO4. The molecular weight excluding hydrogens is 306 g/mol. The van der Waals surface area contributed by atoms with Gasteiger partial charge in [0.2, 0.25) is 0 Å². The van der Waals surface area contributed by atoms with Crippen molar-refractivity contribution >= 4 is 16.9 Å². The van der Waals surface area contributed by atoms with Crippen LogP contribution in [0.2, 0.25) is 0 Å². The number of benzene rings is 2. The maximum atomic E-state index is 11.7. The van der Waals surface area contributed by atoms with Gasteiger partial charge in [-0.15, -0.1) is 0 Å². The Hall–Kier alpha value is -3.08. The van der Waals surface area contributed by atoms with Crippen molar-refractivity contribution in [3.05, 3.63) is 53.6 Å². The summed E-state index contributed by atoms with van der Waals surface area (Å²) in [4.78, 5) is 16.3. The standard InChI is InChI=1S/C19H17NO4/c1-11-4-6-16-13(8-11)14(19(21)22)10-17(20-16)15-9-12(23-2)5-7-18(15)24-3/h4-10H,1-3H3,(H,21,22). The summed E-state index contributed by atoms with van der Waals surface area (Å²) < 4.78 is 10.6. The van der Waals surface area contributed by atoms with Gasteiger partial charge in [-0.1, -0.05) is 11.6 Å². The number of carboxylic acids is 1. The zero-order valence-corrected chi connectivity index (χ0v) is 13.7. The van der Waals surface area contributed by atoms with Gasteiger partial charge in [0.15, 0.2) is 0 Å². The third-order valence-electron chi connectivity index (χ3n) is 3.88. The van der Waals surface area contributed by atoms with Crippen molar-refractivity contribution < 1.29 is 19.4 Å². The predicted molar refractivity (Wildman–Crippen MR) is 92.0 cm³/mol. The van der Waals surface area contributed by atoms with E-state index in [0.29, 0.717) is 33.7 Å². The van der Waals surface area contributed by atoms with Gasteiger partial charge in [0.25, 0.3) is 0 Å². The number of rotatable bonds is 4. The second kappa shape index (κ2) is 6.20. The summed E-state index contributed by atoms with van der Waals surface area (Å²) in [6.45, 7) is 1.92. The van der Waals surface area contributed by atoms with Crippen LogP contribution >= 0.6 is 0 Å². The summed E-state index contributed by atoms with van der Waals surface area (Å²) in [7, 11) is 3.14. The largest absolute Gasteiger partial charge is 0.497 e. The fourth-order valence-corrected chi connectivity index (χ4v) is 2.67. The van der Waals surface area contributed by atoms with E-state index < -0.39 is 5.97 Å². The van der Waals surface area contributed by atoms with Crippen molar-refractivity contribution in [3.63, 3.8) is 0 Å². The average Bonchev–Trinajstić information content (AvgIpc) is 2.60. The molecule has 0 aliphatic rings. The molecule has 5 heteroatoms. The fourth-order valence-electron chi connectivity index (χ4n) is 2.67. The molecule has 1 heterocycles. The molecule has 0 amide bonds. The van der Waals surface area contributed by atoms with Gasteiger partial charge in [-0.2, -0.15) is 0 Å². The molecule has 0 saturated heterocycles. The topological polar surface area (TPSA) is 68.7 Å². The van der Waals surface area contributed by atoms with Crippen molar-refractivity contribution in [1.29, 1.82) is 0 Å². The molecule has 1 N–H and O–H groups in total. The molecule has 0 atom stereocenters. The second-order valence-corrected chi connectivity index (χ2v) is 5.45. The van der Waals surface area contributed by atoms with Gasteiger partial charge in [0.05, 0.1) is 31.0 Å². The number of nitrogens with zero attached hydrogens (tertiary/aromatic N) is 1. The van der Waals surface area contributed by atoms with E-state index in [1.807, 2.05) is 25.1 Å². The van der Waals surface area contributed by atoms with Crippen LogP contribution in [0, 0.1) is 6.92 Å². The molecule has 0 fully saturated rings. The van der Waals surface area contributed by atoms with Gasteiger partial charge < -0.3 is 14.6 Å². The van der Waals surface area contributed by atoms with Crippen molar-refractivity contribution in [2.24, 2.45) is 0 Å². The molecule has 3 rings (SSSR count). The molecule has 2 aromatic carbocycles. The Morgan fingerprint density at radius 1 is 1.04 bits per heavy atom. The Kier molecular flexibility index (Phi) is 4.08. The fraction of sp³-hybridized carbons (Fsp3) is 0.158. The number of pyridine rings is 1. The molecule has 0 radical (unpaired) electrons. The van der Waals surface area contributed by atoms with Gasteiger partial charge in [-0.3, -0.25) is 0 Å². The van der Waals surface area contributed by atoms with Crippen LogP contribution in [0.1, 0.15) is 15.9 Å². The third kappa shape index (κ3) is 2.76. The minimum absolute atomic E-state index is 0.212. The van der Waals surface area contributed by atoms with E-state index in [2.05, 4.69) is 4.98 Å². The predicted octanol–water partition coefficient (Wildman–Crippen LogP) is 3.93. The first-order chi connectivity index (χ1) is 11.5. The number of aromatic carboxylic acids is 1. The number of hydrogen-bond donors (Lipinski definition) is 1. The first-order valence-electron chi connectivity index (χ1n) is 7.40. The van der Waals surface area contributed by atoms with E-state index >= 15 is 0 Å². The smallest absolute Gasteiger partial charge is 0.336 e. The molecule has 0 saturated carbocycles. The normalized spacial score (nSPS) is 10.6. The number of hydrogen-bond acceptors (Lipinski definition) is 4. The number of methoxy groups -OCH3 is 2. The van der Waals surface area contributed by atoms with E-state index in [4.69, 9.17) is 9.47 Å². The van der Waals surface area contributed by atoms with Crippen molar-refractivity contribution in [1.82, 2.24) is 4.98 Å². The summed E-state index contributed by atoms with van der Waals surface area (Å²) in [5.74, 6) is 0.260. The highest BCUT2D eigenvalue weighted by atomic mass is 16.5. The number of aromatic nitrogens is 1. The van der Waals surface area contributed by atoms with Crippen LogP contribution in [-0.4, -0.2) is 30.3 Å². The Bertz CT molecular complexity index is 934. The van der Waals surface area contributed by atoms with E-state index in [-0.39, 0.29) is 5.56 Å². The lowest BCUT2D eigenvalue weighted by Gasteiger charge is -2.12. The maximum Gasteiger partial charge on any atom is 0.336 e. The van der Waals surface area contributed by atoms with Gasteiger partial charge in [0, 0.05) is 10.9 Å². The molecule has 0 unspecified atom stereocenters. The van der Waals surface area contributed by atoms with Crippen LogP contribution < -0.4 is 9.47 Å². The van der Waals surface area contributed by atoms with Gasteiger partial charge in [-0.25, -0.2) is 9.78 Å².